The van der Waals surface area contributed by atoms with E-state index in [4.69, 9.17) is 0 Å². The molecule has 0 atom stereocenters. The monoisotopic (exact) mass is 272 g/mol. The second-order valence-corrected chi connectivity index (χ2v) is 5.61. The van der Waals surface area contributed by atoms with E-state index in [1.54, 1.807) is 6.07 Å². The first kappa shape index (κ1) is 11.7. The number of aromatic nitrogens is 3. The van der Waals surface area contributed by atoms with E-state index in [2.05, 4.69) is 15.0 Å². The molecule has 1 aliphatic carbocycles. The molecule has 0 amide bonds. The number of rotatable bonds is 3. The zero-order valence-electron chi connectivity index (χ0n) is 11.1. The Kier molecular flexibility index (Phi) is 2.45. The van der Waals surface area contributed by atoms with Crippen molar-refractivity contribution >= 4 is 17.4 Å². The fraction of sp³-hybridized carbons (Fsp3) is 0.500. The maximum absolute atomic E-state index is 11.3. The third-order valence-electron chi connectivity index (χ3n) is 4.07. The van der Waals surface area contributed by atoms with Crippen molar-refractivity contribution in [2.24, 2.45) is 0 Å². The fourth-order valence-corrected chi connectivity index (χ4v) is 2.84. The highest BCUT2D eigenvalue weighted by molar-refractivity contribution is 5.87. The van der Waals surface area contributed by atoms with Crippen LogP contribution in [-0.2, 0) is 0 Å². The van der Waals surface area contributed by atoms with Crippen LogP contribution >= 0.6 is 0 Å². The van der Waals surface area contributed by atoms with Crippen molar-refractivity contribution in [1.82, 2.24) is 14.6 Å². The number of nitrogens with zero attached hydrogens (tertiary/aromatic N) is 4. The van der Waals surface area contributed by atoms with E-state index in [0.29, 0.717) is 11.6 Å². The molecular formula is C14H16N4O2. The second-order valence-electron chi connectivity index (χ2n) is 5.61. The lowest BCUT2D eigenvalue weighted by molar-refractivity contribution is 0.0690. The molecule has 104 valence electrons. The minimum atomic E-state index is -0.984. The van der Waals surface area contributed by atoms with Gasteiger partial charge in [0.25, 0.3) is 0 Å². The first-order valence-electron chi connectivity index (χ1n) is 7.11. The molecule has 2 aromatic rings. The molecule has 1 saturated heterocycles. The van der Waals surface area contributed by atoms with Gasteiger partial charge in [-0.25, -0.2) is 9.78 Å². The Balaban J connectivity index is 1.89. The summed E-state index contributed by atoms with van der Waals surface area (Å²) in [6.07, 6.45) is 4.63. The summed E-state index contributed by atoms with van der Waals surface area (Å²) in [5.74, 6) is 0.412. The van der Waals surface area contributed by atoms with Crippen LogP contribution in [0, 0.1) is 0 Å². The van der Waals surface area contributed by atoms with E-state index in [-0.39, 0.29) is 5.69 Å². The smallest absolute Gasteiger partial charge is 0.354 e. The number of aromatic carboxylic acids is 1. The molecule has 2 aromatic heterocycles. The maximum Gasteiger partial charge on any atom is 0.354 e. The van der Waals surface area contributed by atoms with Gasteiger partial charge in [0.05, 0.1) is 5.69 Å². The number of anilines is 1. The Hall–Kier alpha value is -2.11. The zero-order valence-corrected chi connectivity index (χ0v) is 11.1. The summed E-state index contributed by atoms with van der Waals surface area (Å²) in [6.45, 7) is 1.91. The van der Waals surface area contributed by atoms with Crippen molar-refractivity contribution in [3.8, 4) is 0 Å². The van der Waals surface area contributed by atoms with Gasteiger partial charge in [0.15, 0.2) is 11.3 Å². The number of hydrogen-bond acceptors (Lipinski definition) is 4. The molecule has 1 saturated carbocycles. The van der Waals surface area contributed by atoms with E-state index in [1.165, 1.54) is 12.8 Å². The first-order valence-corrected chi connectivity index (χ1v) is 7.11. The highest BCUT2D eigenvalue weighted by Gasteiger charge is 2.28. The average Bonchev–Trinajstić information content (AvgIpc) is 2.99. The Morgan fingerprint density at radius 2 is 2.00 bits per heavy atom. The van der Waals surface area contributed by atoms with Crippen LogP contribution in [0.3, 0.4) is 0 Å². The molecule has 2 aliphatic rings. The van der Waals surface area contributed by atoms with Gasteiger partial charge in [0.2, 0.25) is 0 Å². The molecule has 1 N–H and O–H groups in total. The molecule has 0 unspecified atom stereocenters. The topological polar surface area (TPSA) is 70.7 Å². The molecule has 3 heterocycles. The minimum Gasteiger partial charge on any atom is -0.477 e. The lowest BCUT2D eigenvalue weighted by atomic mass is 10.3. The molecule has 6 heteroatoms. The highest BCUT2D eigenvalue weighted by atomic mass is 16.4. The standard InChI is InChI=1S/C14H16N4O2/c19-14(20)11-8-13(17-5-1-2-6-17)18-12(15-11)7-10(16-18)9-3-4-9/h7-9H,1-6H2,(H,19,20). The summed E-state index contributed by atoms with van der Waals surface area (Å²) in [5.41, 5.74) is 1.79. The van der Waals surface area contributed by atoms with Crippen molar-refractivity contribution in [3.63, 3.8) is 0 Å². The van der Waals surface area contributed by atoms with Crippen LogP contribution in [0.15, 0.2) is 12.1 Å². The molecular weight excluding hydrogens is 256 g/mol. The number of carboxylic acid groups (broad SMARTS) is 1. The average molecular weight is 272 g/mol. The molecule has 2 fully saturated rings. The number of carboxylic acids is 1. The Bertz CT molecular complexity index is 684. The summed E-state index contributed by atoms with van der Waals surface area (Å²) in [5, 5.41) is 13.9. The summed E-state index contributed by atoms with van der Waals surface area (Å²) < 4.78 is 1.81. The Labute approximate surface area is 116 Å². The van der Waals surface area contributed by atoms with Crippen molar-refractivity contribution < 1.29 is 9.90 Å². The van der Waals surface area contributed by atoms with Crippen molar-refractivity contribution in [3.05, 3.63) is 23.5 Å². The Morgan fingerprint density at radius 3 is 2.65 bits per heavy atom. The van der Waals surface area contributed by atoms with Gasteiger partial charge in [0, 0.05) is 31.1 Å². The normalized spacial score (nSPS) is 18.9. The second kappa shape index (κ2) is 4.19. The van der Waals surface area contributed by atoms with Crippen LogP contribution < -0.4 is 4.90 Å². The molecule has 20 heavy (non-hydrogen) atoms. The minimum absolute atomic E-state index is 0.0987. The zero-order chi connectivity index (χ0) is 13.7. The van der Waals surface area contributed by atoms with Gasteiger partial charge in [-0.3, -0.25) is 0 Å². The SMILES string of the molecule is O=C(O)c1cc(N2CCCC2)n2nc(C3CC3)cc2n1. The van der Waals surface area contributed by atoms with Crippen LogP contribution in [0.2, 0.25) is 0 Å². The summed E-state index contributed by atoms with van der Waals surface area (Å²) in [7, 11) is 0. The first-order chi connectivity index (χ1) is 9.72. The van der Waals surface area contributed by atoms with E-state index in [9.17, 15) is 9.90 Å². The van der Waals surface area contributed by atoms with E-state index in [0.717, 1.165) is 37.4 Å². The molecule has 0 spiro atoms. The van der Waals surface area contributed by atoms with Crippen molar-refractivity contribution in [2.75, 3.05) is 18.0 Å². The van der Waals surface area contributed by atoms with Gasteiger partial charge in [-0.05, 0) is 25.7 Å². The summed E-state index contributed by atoms with van der Waals surface area (Å²) >= 11 is 0. The highest BCUT2D eigenvalue weighted by Crippen LogP contribution is 2.39. The quantitative estimate of drug-likeness (QED) is 0.924. The van der Waals surface area contributed by atoms with Crippen LogP contribution in [0.25, 0.3) is 5.65 Å². The predicted molar refractivity (Wildman–Crippen MR) is 73.4 cm³/mol. The lowest BCUT2D eigenvalue weighted by Gasteiger charge is -2.18. The number of carbonyl (C=O) groups is 1. The molecule has 6 nitrogen and oxygen atoms in total. The summed E-state index contributed by atoms with van der Waals surface area (Å²) in [4.78, 5) is 17.7. The van der Waals surface area contributed by atoms with Gasteiger partial charge < -0.3 is 10.0 Å². The fourth-order valence-electron chi connectivity index (χ4n) is 2.84. The summed E-state index contributed by atoms with van der Waals surface area (Å²) in [6, 6.07) is 3.58. The number of fused-ring (bicyclic) bond motifs is 1. The van der Waals surface area contributed by atoms with Gasteiger partial charge in [-0.2, -0.15) is 9.61 Å². The van der Waals surface area contributed by atoms with Crippen molar-refractivity contribution in [1.29, 1.82) is 0 Å². The van der Waals surface area contributed by atoms with E-state index in [1.807, 2.05) is 10.6 Å². The van der Waals surface area contributed by atoms with Crippen LogP contribution in [0.1, 0.15) is 47.8 Å². The molecule has 0 aromatic carbocycles. The molecule has 1 aliphatic heterocycles. The third-order valence-corrected chi connectivity index (χ3v) is 4.07. The van der Waals surface area contributed by atoms with Gasteiger partial charge >= 0.3 is 5.97 Å². The molecule has 4 rings (SSSR count). The number of hydrogen-bond donors (Lipinski definition) is 1. The lowest BCUT2D eigenvalue weighted by Crippen LogP contribution is -2.22. The van der Waals surface area contributed by atoms with Gasteiger partial charge in [-0.1, -0.05) is 0 Å². The molecule has 0 bridgehead atoms. The van der Waals surface area contributed by atoms with Crippen LogP contribution in [-0.4, -0.2) is 38.8 Å². The third kappa shape index (κ3) is 1.83. The van der Waals surface area contributed by atoms with Gasteiger partial charge in [-0.15, -0.1) is 0 Å². The van der Waals surface area contributed by atoms with Crippen LogP contribution in [0.4, 0.5) is 5.82 Å². The largest absolute Gasteiger partial charge is 0.477 e. The predicted octanol–water partition coefficient (Wildman–Crippen LogP) is 1.91. The van der Waals surface area contributed by atoms with Crippen LogP contribution in [0.5, 0.6) is 0 Å². The maximum atomic E-state index is 11.3. The molecule has 0 radical (unpaired) electrons. The van der Waals surface area contributed by atoms with Gasteiger partial charge in [0.1, 0.15) is 5.82 Å². The van der Waals surface area contributed by atoms with E-state index >= 15 is 0 Å². The Morgan fingerprint density at radius 1 is 1.25 bits per heavy atom. The van der Waals surface area contributed by atoms with E-state index < -0.39 is 5.97 Å². The van der Waals surface area contributed by atoms with Crippen molar-refractivity contribution in [2.45, 2.75) is 31.6 Å².